The Morgan fingerprint density at radius 2 is 2.16 bits per heavy atom. The van der Waals surface area contributed by atoms with E-state index < -0.39 is 16.1 Å². The van der Waals surface area contributed by atoms with Crippen LogP contribution in [0.25, 0.3) is 0 Å². The van der Waals surface area contributed by atoms with Crippen LogP contribution in [0.2, 0.25) is 5.02 Å². The summed E-state index contributed by atoms with van der Waals surface area (Å²) in [5, 5.41) is 2.90. The molecule has 1 unspecified atom stereocenters. The van der Waals surface area contributed by atoms with E-state index in [-0.39, 0.29) is 21.5 Å². The average Bonchev–Trinajstić information content (AvgIpc) is 2.35. The van der Waals surface area contributed by atoms with Gasteiger partial charge in [0.2, 0.25) is 15.9 Å². The highest BCUT2D eigenvalue weighted by Crippen LogP contribution is 2.22. The van der Waals surface area contributed by atoms with Gasteiger partial charge < -0.3 is 11.1 Å². The van der Waals surface area contributed by atoms with Crippen molar-refractivity contribution in [1.29, 1.82) is 0 Å². The van der Waals surface area contributed by atoms with Crippen molar-refractivity contribution in [3.8, 4) is 0 Å². The first-order valence-corrected chi connectivity index (χ1v) is 7.61. The Bertz CT molecular complexity index is 603. The Morgan fingerprint density at radius 3 is 2.79 bits per heavy atom. The molecule has 4 N–H and O–H groups in total. The van der Waals surface area contributed by atoms with Gasteiger partial charge in [0.1, 0.15) is 6.04 Å². The number of amides is 1. The molecule has 1 amide bonds. The van der Waals surface area contributed by atoms with Crippen LogP contribution >= 0.6 is 11.6 Å². The van der Waals surface area contributed by atoms with Crippen molar-refractivity contribution >= 4 is 33.2 Å². The summed E-state index contributed by atoms with van der Waals surface area (Å²) in [6, 6.07) is 3.29. The first-order valence-electron chi connectivity index (χ1n) is 5.75. The highest BCUT2D eigenvalue weighted by molar-refractivity contribution is 7.89. The van der Waals surface area contributed by atoms with Crippen LogP contribution in [-0.2, 0) is 14.8 Å². The van der Waals surface area contributed by atoms with Crippen LogP contribution in [0.5, 0.6) is 0 Å². The Labute approximate surface area is 116 Å². The van der Waals surface area contributed by atoms with Gasteiger partial charge in [-0.3, -0.25) is 4.79 Å². The zero-order valence-corrected chi connectivity index (χ0v) is 11.6. The van der Waals surface area contributed by atoms with Crippen molar-refractivity contribution in [3.63, 3.8) is 0 Å². The van der Waals surface area contributed by atoms with Crippen LogP contribution in [0.4, 0.5) is 5.69 Å². The van der Waals surface area contributed by atoms with Gasteiger partial charge in [-0.25, -0.2) is 8.42 Å². The minimum atomic E-state index is -3.78. The molecule has 0 aliphatic carbocycles. The molecule has 0 spiro atoms. The molecule has 0 aromatic heterocycles. The number of sulfonamides is 1. The zero-order valence-electron chi connectivity index (χ0n) is 10.0. The monoisotopic (exact) mass is 303 g/mol. The summed E-state index contributed by atoms with van der Waals surface area (Å²) in [5.74, 6) is -0.309. The third kappa shape index (κ3) is 3.17. The molecule has 19 heavy (non-hydrogen) atoms. The maximum Gasteiger partial charge on any atom is 0.241 e. The maximum atomic E-state index is 12.1. The number of hydrogen-bond donors (Lipinski definition) is 3. The third-order valence-electron chi connectivity index (χ3n) is 2.86. The van der Waals surface area contributed by atoms with Crippen LogP contribution in [0.3, 0.4) is 0 Å². The van der Waals surface area contributed by atoms with Gasteiger partial charge in [-0.15, -0.1) is 0 Å². The molecule has 1 heterocycles. The van der Waals surface area contributed by atoms with Crippen LogP contribution in [0, 0.1) is 0 Å². The number of nitrogen functional groups attached to an aromatic ring is 1. The fourth-order valence-electron chi connectivity index (χ4n) is 1.83. The third-order valence-corrected chi connectivity index (χ3v) is 4.67. The molecule has 104 valence electrons. The smallest absolute Gasteiger partial charge is 0.241 e. The van der Waals surface area contributed by atoms with E-state index in [1.54, 1.807) is 0 Å². The van der Waals surface area contributed by atoms with Gasteiger partial charge >= 0.3 is 0 Å². The summed E-state index contributed by atoms with van der Waals surface area (Å²) >= 11 is 5.74. The van der Waals surface area contributed by atoms with Crippen molar-refractivity contribution in [1.82, 2.24) is 10.0 Å². The van der Waals surface area contributed by atoms with Crippen molar-refractivity contribution in [2.75, 3.05) is 12.3 Å². The maximum absolute atomic E-state index is 12.1. The number of carbonyl (C=O) groups is 1. The number of halogens is 1. The van der Waals surface area contributed by atoms with Crippen LogP contribution in [0.1, 0.15) is 12.8 Å². The van der Waals surface area contributed by atoms with Crippen molar-refractivity contribution in [3.05, 3.63) is 23.2 Å². The summed E-state index contributed by atoms with van der Waals surface area (Å²) in [4.78, 5) is 11.5. The molecular weight excluding hydrogens is 290 g/mol. The zero-order chi connectivity index (χ0) is 14.0. The van der Waals surface area contributed by atoms with Gasteiger partial charge in [-0.05, 0) is 31.0 Å². The Balaban J connectivity index is 2.22. The highest BCUT2D eigenvalue weighted by Gasteiger charge is 2.27. The first kappa shape index (κ1) is 14.1. The molecular formula is C11H14ClN3O3S. The molecule has 1 aliphatic heterocycles. The molecule has 1 aromatic rings. The van der Waals surface area contributed by atoms with E-state index in [4.69, 9.17) is 17.3 Å². The van der Waals surface area contributed by atoms with Gasteiger partial charge in [0.25, 0.3) is 0 Å². The summed E-state index contributed by atoms with van der Waals surface area (Å²) in [6.45, 7) is 0.574. The molecule has 8 heteroatoms. The number of nitrogens with two attached hydrogens (primary N) is 1. The molecule has 1 fully saturated rings. The average molecular weight is 304 g/mol. The molecule has 1 atom stereocenters. The molecule has 0 bridgehead atoms. The van der Waals surface area contributed by atoms with E-state index in [9.17, 15) is 13.2 Å². The molecule has 6 nitrogen and oxygen atoms in total. The highest BCUT2D eigenvalue weighted by atomic mass is 35.5. The first-order chi connectivity index (χ1) is 8.90. The predicted octanol–water partition coefficient (Wildman–Crippen LogP) is 0.479. The number of rotatable bonds is 3. The lowest BCUT2D eigenvalue weighted by molar-refractivity contribution is -0.124. The number of benzene rings is 1. The van der Waals surface area contributed by atoms with E-state index in [0.29, 0.717) is 13.0 Å². The Kier molecular flexibility index (Phi) is 3.98. The lowest BCUT2D eigenvalue weighted by Gasteiger charge is -2.22. The fraction of sp³-hybridized carbons (Fsp3) is 0.364. The van der Waals surface area contributed by atoms with Crippen molar-refractivity contribution in [2.45, 2.75) is 23.8 Å². The quantitative estimate of drug-likeness (QED) is 0.707. The minimum absolute atomic E-state index is 0.00669. The largest absolute Gasteiger partial charge is 0.397 e. The minimum Gasteiger partial charge on any atom is -0.397 e. The lowest BCUT2D eigenvalue weighted by atomic mass is 10.1. The lowest BCUT2D eigenvalue weighted by Crippen LogP contribution is -2.50. The summed E-state index contributed by atoms with van der Waals surface area (Å²) in [7, 11) is -3.78. The summed E-state index contributed by atoms with van der Waals surface area (Å²) in [5.41, 5.74) is 5.75. The Morgan fingerprint density at radius 1 is 1.42 bits per heavy atom. The molecule has 0 radical (unpaired) electrons. The molecule has 1 saturated heterocycles. The van der Waals surface area contributed by atoms with Crippen LogP contribution in [-0.4, -0.2) is 26.9 Å². The number of anilines is 1. The van der Waals surface area contributed by atoms with Gasteiger partial charge in [-0.1, -0.05) is 11.6 Å². The number of nitrogens with one attached hydrogen (secondary N) is 2. The standard InChI is InChI=1S/C11H14ClN3O3S/c12-8-4-3-7(6-9(8)13)19(17,18)15-10-2-1-5-14-11(10)16/h3-4,6,10,15H,1-2,5,13H2,(H,14,16). The second kappa shape index (κ2) is 5.36. The summed E-state index contributed by atoms with van der Waals surface area (Å²) in [6.07, 6.45) is 1.22. The molecule has 1 aliphatic rings. The van der Waals surface area contributed by atoms with Crippen LogP contribution in [0.15, 0.2) is 23.1 Å². The van der Waals surface area contributed by atoms with Gasteiger partial charge in [0.15, 0.2) is 0 Å². The van der Waals surface area contributed by atoms with E-state index in [0.717, 1.165) is 6.42 Å². The van der Waals surface area contributed by atoms with E-state index in [2.05, 4.69) is 10.0 Å². The number of hydrogen-bond acceptors (Lipinski definition) is 4. The topological polar surface area (TPSA) is 101 Å². The fourth-order valence-corrected chi connectivity index (χ4v) is 3.21. The summed E-state index contributed by atoms with van der Waals surface area (Å²) < 4.78 is 26.6. The van der Waals surface area contributed by atoms with Gasteiger partial charge in [0.05, 0.1) is 15.6 Å². The van der Waals surface area contributed by atoms with E-state index in [1.807, 2.05) is 0 Å². The van der Waals surface area contributed by atoms with Crippen LogP contribution < -0.4 is 15.8 Å². The number of carbonyl (C=O) groups excluding carboxylic acids is 1. The van der Waals surface area contributed by atoms with Gasteiger partial charge in [-0.2, -0.15) is 4.72 Å². The molecule has 1 aromatic carbocycles. The molecule has 2 rings (SSSR count). The van der Waals surface area contributed by atoms with Crippen molar-refractivity contribution < 1.29 is 13.2 Å². The predicted molar refractivity (Wildman–Crippen MR) is 72.2 cm³/mol. The second-order valence-corrected chi connectivity index (χ2v) is 6.41. The number of piperidine rings is 1. The van der Waals surface area contributed by atoms with Crippen molar-refractivity contribution in [2.24, 2.45) is 0 Å². The second-order valence-electron chi connectivity index (χ2n) is 4.29. The van der Waals surface area contributed by atoms with E-state index in [1.165, 1.54) is 18.2 Å². The SMILES string of the molecule is Nc1cc(S(=O)(=O)NC2CCCNC2=O)ccc1Cl. The molecule has 0 saturated carbocycles. The van der Waals surface area contributed by atoms with Gasteiger partial charge in [0, 0.05) is 6.54 Å². The Hall–Kier alpha value is -1.31. The normalized spacial score (nSPS) is 20.1. The van der Waals surface area contributed by atoms with E-state index >= 15 is 0 Å².